The van der Waals surface area contributed by atoms with E-state index in [1.165, 1.54) is 37.9 Å². The van der Waals surface area contributed by atoms with Crippen LogP contribution in [0, 0.1) is 0 Å². The zero-order valence-corrected chi connectivity index (χ0v) is 10.0. The van der Waals surface area contributed by atoms with Gasteiger partial charge in [-0.3, -0.25) is 0 Å². The molecule has 2 heterocycles. The molecule has 0 aromatic heterocycles. The second-order valence-corrected chi connectivity index (χ2v) is 5.78. The molecule has 2 amide bonds. The van der Waals surface area contributed by atoms with Crippen molar-refractivity contribution in [3.63, 3.8) is 0 Å². The second kappa shape index (κ2) is 5.64. The number of hydrogen-bond acceptors (Lipinski definition) is 2. The first-order valence-electron chi connectivity index (χ1n) is 6.00. The van der Waals surface area contributed by atoms with Crippen molar-refractivity contribution in [1.82, 2.24) is 10.2 Å². The summed E-state index contributed by atoms with van der Waals surface area (Å²) in [6, 6.07) is 0.155. The number of thioether (sulfide) groups is 1. The monoisotopic (exact) mass is 228 g/mol. The maximum atomic E-state index is 11.8. The molecule has 1 unspecified atom stereocenters. The van der Waals surface area contributed by atoms with Crippen LogP contribution in [0.4, 0.5) is 4.79 Å². The lowest BCUT2D eigenvalue weighted by atomic mass is 10.1. The van der Waals surface area contributed by atoms with Gasteiger partial charge in [0.15, 0.2) is 0 Å². The molecule has 15 heavy (non-hydrogen) atoms. The Bertz CT molecular complexity index is 211. The van der Waals surface area contributed by atoms with Crippen molar-refractivity contribution in [2.75, 3.05) is 25.4 Å². The van der Waals surface area contributed by atoms with Crippen LogP contribution in [-0.4, -0.2) is 41.6 Å². The molecule has 0 aromatic rings. The topological polar surface area (TPSA) is 32.3 Å². The molecule has 1 atom stereocenters. The first-order chi connectivity index (χ1) is 7.36. The highest BCUT2D eigenvalue weighted by atomic mass is 32.2. The van der Waals surface area contributed by atoms with E-state index < -0.39 is 0 Å². The standard InChI is InChI=1S/C11H20N2OS/c14-11(13-6-2-1-3-7-13)12-9-10-5-4-8-15-10/h10H,1-9H2,(H,12,14). The Morgan fingerprint density at radius 3 is 2.73 bits per heavy atom. The van der Waals surface area contributed by atoms with Gasteiger partial charge in [0.25, 0.3) is 0 Å². The largest absolute Gasteiger partial charge is 0.337 e. The van der Waals surface area contributed by atoms with Crippen LogP contribution in [0.3, 0.4) is 0 Å². The van der Waals surface area contributed by atoms with Crippen LogP contribution in [0.5, 0.6) is 0 Å². The van der Waals surface area contributed by atoms with Gasteiger partial charge >= 0.3 is 6.03 Å². The Morgan fingerprint density at radius 1 is 1.27 bits per heavy atom. The molecule has 2 saturated heterocycles. The van der Waals surface area contributed by atoms with Gasteiger partial charge in [-0.2, -0.15) is 11.8 Å². The maximum Gasteiger partial charge on any atom is 0.317 e. The quantitative estimate of drug-likeness (QED) is 0.785. The Hall–Kier alpha value is -0.380. The Balaban J connectivity index is 1.66. The van der Waals surface area contributed by atoms with E-state index in [2.05, 4.69) is 5.32 Å². The predicted molar refractivity (Wildman–Crippen MR) is 64.3 cm³/mol. The molecule has 1 N–H and O–H groups in total. The summed E-state index contributed by atoms with van der Waals surface area (Å²) in [7, 11) is 0. The van der Waals surface area contributed by atoms with Crippen LogP contribution >= 0.6 is 11.8 Å². The summed E-state index contributed by atoms with van der Waals surface area (Å²) >= 11 is 2.00. The normalized spacial score (nSPS) is 26.7. The number of nitrogens with zero attached hydrogens (tertiary/aromatic N) is 1. The van der Waals surface area contributed by atoms with Crippen LogP contribution in [0.2, 0.25) is 0 Å². The van der Waals surface area contributed by atoms with E-state index in [1.807, 2.05) is 16.7 Å². The van der Waals surface area contributed by atoms with Gasteiger partial charge in [-0.1, -0.05) is 0 Å². The molecular formula is C11H20N2OS. The van der Waals surface area contributed by atoms with Gasteiger partial charge in [-0.15, -0.1) is 0 Å². The number of carbonyl (C=O) groups is 1. The SMILES string of the molecule is O=C(NCC1CCCS1)N1CCCCC1. The molecule has 3 nitrogen and oxygen atoms in total. The second-order valence-electron chi connectivity index (χ2n) is 4.37. The summed E-state index contributed by atoms with van der Waals surface area (Å²) in [6.07, 6.45) is 6.21. The summed E-state index contributed by atoms with van der Waals surface area (Å²) in [4.78, 5) is 13.7. The minimum absolute atomic E-state index is 0.155. The minimum Gasteiger partial charge on any atom is -0.337 e. The summed E-state index contributed by atoms with van der Waals surface area (Å²) in [5, 5.41) is 3.73. The van der Waals surface area contributed by atoms with E-state index in [0.29, 0.717) is 5.25 Å². The Morgan fingerprint density at radius 2 is 2.07 bits per heavy atom. The smallest absolute Gasteiger partial charge is 0.317 e. The molecule has 0 saturated carbocycles. The Kier molecular flexibility index (Phi) is 4.18. The first-order valence-corrected chi connectivity index (χ1v) is 7.05. The third kappa shape index (κ3) is 3.30. The average molecular weight is 228 g/mol. The zero-order chi connectivity index (χ0) is 10.5. The lowest BCUT2D eigenvalue weighted by molar-refractivity contribution is 0.186. The molecule has 0 aliphatic carbocycles. The molecular weight excluding hydrogens is 208 g/mol. The Labute approximate surface area is 96.0 Å². The predicted octanol–water partition coefficient (Wildman–Crippen LogP) is 2.08. The number of piperidine rings is 1. The number of likely N-dealkylation sites (tertiary alicyclic amines) is 1. The van der Waals surface area contributed by atoms with Crippen LogP contribution < -0.4 is 5.32 Å². The number of carbonyl (C=O) groups excluding carboxylic acids is 1. The fourth-order valence-electron chi connectivity index (χ4n) is 2.22. The van der Waals surface area contributed by atoms with Crippen LogP contribution in [0.1, 0.15) is 32.1 Å². The van der Waals surface area contributed by atoms with E-state index in [-0.39, 0.29) is 6.03 Å². The molecule has 2 aliphatic rings. The third-order valence-electron chi connectivity index (χ3n) is 3.15. The van der Waals surface area contributed by atoms with Gasteiger partial charge in [0.2, 0.25) is 0 Å². The summed E-state index contributed by atoms with van der Waals surface area (Å²) in [5.74, 6) is 1.27. The van der Waals surface area contributed by atoms with E-state index in [0.717, 1.165) is 19.6 Å². The third-order valence-corrected chi connectivity index (χ3v) is 4.55. The average Bonchev–Trinajstić information content (AvgIpc) is 2.80. The number of rotatable bonds is 2. The minimum atomic E-state index is 0.155. The van der Waals surface area contributed by atoms with E-state index in [1.54, 1.807) is 0 Å². The van der Waals surface area contributed by atoms with Crippen molar-refractivity contribution in [2.24, 2.45) is 0 Å². The zero-order valence-electron chi connectivity index (χ0n) is 9.21. The van der Waals surface area contributed by atoms with Crippen LogP contribution in [0.25, 0.3) is 0 Å². The summed E-state index contributed by atoms with van der Waals surface area (Å²) in [5.41, 5.74) is 0. The number of nitrogens with one attached hydrogen (secondary N) is 1. The molecule has 0 spiro atoms. The molecule has 2 fully saturated rings. The highest BCUT2D eigenvalue weighted by Crippen LogP contribution is 2.25. The first kappa shape index (κ1) is 11.1. The number of amides is 2. The van der Waals surface area contributed by atoms with Gasteiger partial charge in [0.05, 0.1) is 0 Å². The molecule has 0 bridgehead atoms. The highest BCUT2D eigenvalue weighted by Gasteiger charge is 2.19. The van der Waals surface area contributed by atoms with Gasteiger partial charge in [0, 0.05) is 24.9 Å². The lowest BCUT2D eigenvalue weighted by Gasteiger charge is -2.27. The van der Waals surface area contributed by atoms with Gasteiger partial charge in [0.1, 0.15) is 0 Å². The van der Waals surface area contributed by atoms with E-state index in [9.17, 15) is 4.79 Å². The van der Waals surface area contributed by atoms with Crippen molar-refractivity contribution < 1.29 is 4.79 Å². The molecule has 4 heteroatoms. The van der Waals surface area contributed by atoms with Crippen LogP contribution in [0.15, 0.2) is 0 Å². The molecule has 0 aromatic carbocycles. The molecule has 2 aliphatic heterocycles. The number of urea groups is 1. The fraction of sp³-hybridized carbons (Fsp3) is 0.909. The van der Waals surface area contributed by atoms with Crippen molar-refractivity contribution in [3.8, 4) is 0 Å². The van der Waals surface area contributed by atoms with Gasteiger partial charge in [-0.05, 0) is 37.9 Å². The van der Waals surface area contributed by atoms with Crippen molar-refractivity contribution in [1.29, 1.82) is 0 Å². The van der Waals surface area contributed by atoms with Gasteiger partial charge < -0.3 is 10.2 Å². The van der Waals surface area contributed by atoms with Crippen molar-refractivity contribution >= 4 is 17.8 Å². The lowest BCUT2D eigenvalue weighted by Crippen LogP contribution is -2.44. The molecule has 2 rings (SSSR count). The van der Waals surface area contributed by atoms with Crippen LogP contribution in [-0.2, 0) is 0 Å². The van der Waals surface area contributed by atoms with E-state index in [4.69, 9.17) is 0 Å². The summed E-state index contributed by atoms with van der Waals surface area (Å²) < 4.78 is 0. The molecule has 0 radical (unpaired) electrons. The highest BCUT2D eigenvalue weighted by molar-refractivity contribution is 8.00. The summed E-state index contributed by atoms with van der Waals surface area (Å²) in [6.45, 7) is 2.76. The van der Waals surface area contributed by atoms with Crippen molar-refractivity contribution in [3.05, 3.63) is 0 Å². The van der Waals surface area contributed by atoms with E-state index >= 15 is 0 Å². The fourth-order valence-corrected chi connectivity index (χ4v) is 3.42. The van der Waals surface area contributed by atoms with Gasteiger partial charge in [-0.25, -0.2) is 4.79 Å². The van der Waals surface area contributed by atoms with Crippen molar-refractivity contribution in [2.45, 2.75) is 37.4 Å². The maximum absolute atomic E-state index is 11.8. The number of hydrogen-bond donors (Lipinski definition) is 1. The molecule has 86 valence electrons.